The molecule has 0 aromatic heterocycles. The van der Waals surface area contributed by atoms with Gasteiger partial charge >= 0.3 is 0 Å². The summed E-state index contributed by atoms with van der Waals surface area (Å²) in [6, 6.07) is 10.3. The molecule has 25 heavy (non-hydrogen) atoms. The third-order valence-electron chi connectivity index (χ3n) is 3.11. The molecule has 1 amide bonds. The lowest BCUT2D eigenvalue weighted by atomic mass is 10.2. The van der Waals surface area contributed by atoms with Crippen molar-refractivity contribution in [3.05, 3.63) is 58.1 Å². The molecule has 0 aliphatic rings. The minimum atomic E-state index is -2.60. The molecular formula is C16H14F2N2O4S. The van der Waals surface area contributed by atoms with Crippen molar-refractivity contribution in [2.24, 2.45) is 0 Å². The van der Waals surface area contributed by atoms with Crippen LogP contribution in [0.15, 0.2) is 47.4 Å². The number of nitrogens with zero attached hydrogens (tertiary/aromatic N) is 1. The van der Waals surface area contributed by atoms with E-state index >= 15 is 0 Å². The number of rotatable bonds is 7. The van der Waals surface area contributed by atoms with Gasteiger partial charge in [-0.3, -0.25) is 14.9 Å². The molecule has 132 valence electrons. The van der Waals surface area contributed by atoms with E-state index in [1.165, 1.54) is 30.3 Å². The number of nitrogens with one attached hydrogen (secondary N) is 1. The molecule has 0 radical (unpaired) electrons. The lowest BCUT2D eigenvalue weighted by molar-refractivity contribution is -0.385. The number of halogens is 2. The zero-order valence-electron chi connectivity index (χ0n) is 13.1. The van der Waals surface area contributed by atoms with Crippen LogP contribution in [-0.4, -0.2) is 23.2 Å². The molecule has 2 aromatic rings. The van der Waals surface area contributed by atoms with Gasteiger partial charge in [0.1, 0.15) is 5.75 Å². The molecule has 0 saturated heterocycles. The van der Waals surface area contributed by atoms with Crippen molar-refractivity contribution in [2.75, 3.05) is 11.9 Å². The maximum absolute atomic E-state index is 12.5. The molecule has 9 heteroatoms. The maximum atomic E-state index is 12.5. The number of hydrogen-bond donors (Lipinski definition) is 1. The van der Waals surface area contributed by atoms with E-state index in [9.17, 15) is 23.7 Å². The topological polar surface area (TPSA) is 81.5 Å². The van der Waals surface area contributed by atoms with Crippen molar-refractivity contribution in [2.45, 2.75) is 17.6 Å². The first-order valence-corrected chi connectivity index (χ1v) is 7.96. The number of benzene rings is 2. The number of carbonyl (C=O) groups excluding carboxylic acids is 1. The number of alkyl halides is 2. The fraction of sp³-hybridized carbons (Fsp3) is 0.188. The Morgan fingerprint density at radius 2 is 2.04 bits per heavy atom. The minimum Gasteiger partial charge on any atom is -0.484 e. The van der Waals surface area contributed by atoms with E-state index in [2.05, 4.69) is 5.32 Å². The highest BCUT2D eigenvalue weighted by Crippen LogP contribution is 2.31. The molecule has 0 unspecified atom stereocenters. The van der Waals surface area contributed by atoms with Crippen molar-refractivity contribution in [1.82, 2.24) is 0 Å². The summed E-state index contributed by atoms with van der Waals surface area (Å²) in [7, 11) is 0. The van der Waals surface area contributed by atoms with E-state index in [0.29, 0.717) is 23.1 Å². The van der Waals surface area contributed by atoms with E-state index in [1.807, 2.05) is 0 Å². The van der Waals surface area contributed by atoms with Crippen LogP contribution >= 0.6 is 11.8 Å². The smallest absolute Gasteiger partial charge is 0.288 e. The van der Waals surface area contributed by atoms with Gasteiger partial charge in [0.05, 0.1) is 10.6 Å². The molecule has 0 bridgehead atoms. The molecule has 0 aliphatic heterocycles. The average molecular weight is 368 g/mol. The summed E-state index contributed by atoms with van der Waals surface area (Å²) in [5.41, 5.74) is 0.623. The molecule has 0 saturated carbocycles. The minimum absolute atomic E-state index is 0.0465. The van der Waals surface area contributed by atoms with Crippen molar-refractivity contribution in [1.29, 1.82) is 0 Å². The lowest BCUT2D eigenvalue weighted by Crippen LogP contribution is -2.20. The van der Waals surface area contributed by atoms with Crippen LogP contribution in [0.3, 0.4) is 0 Å². The van der Waals surface area contributed by atoms with Gasteiger partial charge < -0.3 is 10.1 Å². The number of nitro groups is 1. The molecule has 0 atom stereocenters. The number of carbonyl (C=O) groups is 1. The van der Waals surface area contributed by atoms with Gasteiger partial charge in [0.2, 0.25) is 0 Å². The van der Waals surface area contributed by atoms with Gasteiger partial charge in [-0.25, -0.2) is 0 Å². The fourth-order valence-electron chi connectivity index (χ4n) is 2.03. The number of nitro benzene ring substituents is 1. The summed E-state index contributed by atoms with van der Waals surface area (Å²) >= 11 is 0.335. The standard InChI is InChI=1S/C16H14F2N2O4S/c1-10-8-11(6-7-13(10)20(22)23)24-9-15(21)19-12-4-2-3-5-14(12)25-16(17)18/h2-8,16H,9H2,1H3,(H,19,21). The normalized spacial score (nSPS) is 10.6. The van der Waals surface area contributed by atoms with Gasteiger partial charge in [-0.2, -0.15) is 8.78 Å². The van der Waals surface area contributed by atoms with E-state index in [0.717, 1.165) is 0 Å². The van der Waals surface area contributed by atoms with Crippen molar-refractivity contribution >= 4 is 29.0 Å². The van der Waals surface area contributed by atoms with Crippen LogP contribution in [0.1, 0.15) is 5.56 Å². The number of amides is 1. The molecule has 0 heterocycles. The Hall–Kier alpha value is -2.68. The van der Waals surface area contributed by atoms with Gasteiger partial charge in [0, 0.05) is 16.5 Å². The third-order valence-corrected chi connectivity index (χ3v) is 3.90. The SMILES string of the molecule is Cc1cc(OCC(=O)Nc2ccccc2SC(F)F)ccc1[N+](=O)[O-]. The summed E-state index contributed by atoms with van der Waals surface area (Å²) < 4.78 is 30.3. The van der Waals surface area contributed by atoms with E-state index < -0.39 is 16.6 Å². The Bertz CT molecular complexity index is 786. The zero-order chi connectivity index (χ0) is 18.4. The van der Waals surface area contributed by atoms with Gasteiger partial charge in [0.25, 0.3) is 17.4 Å². The highest BCUT2D eigenvalue weighted by molar-refractivity contribution is 7.99. The third kappa shape index (κ3) is 5.42. The highest BCUT2D eigenvalue weighted by atomic mass is 32.2. The van der Waals surface area contributed by atoms with Crippen molar-refractivity contribution in [3.8, 4) is 5.75 Å². The van der Waals surface area contributed by atoms with E-state index in [4.69, 9.17) is 4.74 Å². The predicted molar refractivity (Wildman–Crippen MR) is 90.3 cm³/mol. The molecule has 0 fully saturated rings. The van der Waals surface area contributed by atoms with Crippen LogP contribution in [0.5, 0.6) is 5.75 Å². The van der Waals surface area contributed by atoms with Crippen LogP contribution in [0, 0.1) is 17.0 Å². The van der Waals surface area contributed by atoms with Crippen molar-refractivity contribution < 1.29 is 23.2 Å². The highest BCUT2D eigenvalue weighted by Gasteiger charge is 2.13. The number of para-hydroxylation sites is 1. The Balaban J connectivity index is 1.98. The van der Waals surface area contributed by atoms with Crippen LogP contribution < -0.4 is 10.1 Å². The quantitative estimate of drug-likeness (QED) is 0.449. The van der Waals surface area contributed by atoms with Crippen LogP contribution in [-0.2, 0) is 4.79 Å². The van der Waals surface area contributed by atoms with Gasteiger partial charge in [-0.05, 0) is 31.2 Å². The molecule has 6 nitrogen and oxygen atoms in total. The van der Waals surface area contributed by atoms with Gasteiger partial charge in [0.15, 0.2) is 6.61 Å². The van der Waals surface area contributed by atoms with Crippen LogP contribution in [0.2, 0.25) is 0 Å². The monoisotopic (exact) mass is 368 g/mol. The van der Waals surface area contributed by atoms with E-state index in [1.54, 1.807) is 19.1 Å². The fourth-order valence-corrected chi connectivity index (χ4v) is 2.62. The maximum Gasteiger partial charge on any atom is 0.288 e. The predicted octanol–water partition coefficient (Wildman–Crippen LogP) is 4.24. The number of anilines is 1. The zero-order valence-corrected chi connectivity index (χ0v) is 13.9. The van der Waals surface area contributed by atoms with Gasteiger partial charge in [-0.1, -0.05) is 23.9 Å². The van der Waals surface area contributed by atoms with Crippen LogP contribution in [0.4, 0.5) is 20.2 Å². The molecular weight excluding hydrogens is 354 g/mol. The Labute approximate surface area is 146 Å². The summed E-state index contributed by atoms with van der Waals surface area (Å²) in [6.07, 6.45) is 0. The Kier molecular flexibility index (Phi) is 6.29. The number of ether oxygens (including phenoxy) is 1. The summed E-state index contributed by atoms with van der Waals surface area (Å²) in [4.78, 5) is 22.4. The first-order valence-electron chi connectivity index (χ1n) is 7.08. The summed E-state index contributed by atoms with van der Waals surface area (Å²) in [5.74, 6) is -2.83. The first-order chi connectivity index (χ1) is 11.9. The molecule has 1 N–H and O–H groups in total. The van der Waals surface area contributed by atoms with E-state index in [-0.39, 0.29) is 22.9 Å². The second kappa shape index (κ2) is 8.43. The molecule has 0 spiro atoms. The number of thioether (sulfide) groups is 1. The van der Waals surface area contributed by atoms with Crippen molar-refractivity contribution in [3.63, 3.8) is 0 Å². The Morgan fingerprint density at radius 1 is 1.32 bits per heavy atom. The summed E-state index contributed by atoms with van der Waals surface area (Å²) in [6.45, 7) is 1.20. The average Bonchev–Trinajstić information content (AvgIpc) is 2.54. The largest absolute Gasteiger partial charge is 0.484 e. The number of hydrogen-bond acceptors (Lipinski definition) is 5. The number of aryl methyl sites for hydroxylation is 1. The molecule has 2 aromatic carbocycles. The molecule has 2 rings (SSSR count). The second-order valence-electron chi connectivity index (χ2n) is 4.92. The van der Waals surface area contributed by atoms with Crippen LogP contribution in [0.25, 0.3) is 0 Å². The van der Waals surface area contributed by atoms with Gasteiger partial charge in [-0.15, -0.1) is 0 Å². The second-order valence-corrected chi connectivity index (χ2v) is 5.95. The lowest BCUT2D eigenvalue weighted by Gasteiger charge is -2.11. The summed E-state index contributed by atoms with van der Waals surface area (Å²) in [5, 5.41) is 13.3. The Morgan fingerprint density at radius 3 is 2.68 bits per heavy atom. The first kappa shape index (κ1) is 18.7. The molecule has 0 aliphatic carbocycles.